The average Bonchev–Trinajstić information content (AvgIpc) is 3.67. The number of aromatic nitrogens is 2. The minimum absolute atomic E-state index is 0.0966. The summed E-state index contributed by atoms with van der Waals surface area (Å²) in [7, 11) is 0. The molecule has 1 aliphatic heterocycles. The van der Waals surface area contributed by atoms with Crippen molar-refractivity contribution in [2.45, 2.75) is 87.4 Å². The molecule has 2 aliphatic carbocycles. The number of nitrogens with one attached hydrogen (secondary N) is 1. The Bertz CT molecular complexity index is 1550. The molecule has 6 nitrogen and oxygen atoms in total. The summed E-state index contributed by atoms with van der Waals surface area (Å²) in [6.45, 7) is 0.0924. The quantitative estimate of drug-likeness (QED) is 0.337. The van der Waals surface area contributed by atoms with E-state index in [1.54, 1.807) is 11.3 Å². The Morgan fingerprint density at radius 2 is 1.88 bits per heavy atom. The first kappa shape index (κ1) is 29.0. The van der Waals surface area contributed by atoms with Crippen LogP contribution in [0.25, 0.3) is 0 Å². The Balaban J connectivity index is 1.21. The largest absolute Gasteiger partial charge is 0.416 e. The molecule has 3 aliphatic rings. The van der Waals surface area contributed by atoms with Crippen LogP contribution in [0.1, 0.15) is 95.6 Å². The van der Waals surface area contributed by atoms with E-state index < -0.39 is 35.1 Å². The number of amides is 1. The number of H-pyrrole nitrogens is 1. The number of thiophene rings is 1. The van der Waals surface area contributed by atoms with Gasteiger partial charge in [0.15, 0.2) is 6.10 Å². The van der Waals surface area contributed by atoms with Crippen LogP contribution in [0.5, 0.6) is 0 Å². The predicted molar refractivity (Wildman–Crippen MR) is 145 cm³/mol. The van der Waals surface area contributed by atoms with Gasteiger partial charge in [-0.15, -0.1) is 11.3 Å². The number of halogens is 5. The first-order valence-corrected chi connectivity index (χ1v) is 15.0. The molecule has 224 valence electrons. The van der Waals surface area contributed by atoms with E-state index in [9.17, 15) is 36.6 Å². The first-order valence-electron chi connectivity index (χ1n) is 14.1. The number of hydrogen-bond acceptors (Lipinski definition) is 5. The molecule has 1 amide bonds. The lowest BCUT2D eigenvalue weighted by molar-refractivity contribution is -0.142. The molecule has 2 aromatic heterocycles. The van der Waals surface area contributed by atoms with Crippen molar-refractivity contribution in [3.8, 4) is 0 Å². The summed E-state index contributed by atoms with van der Waals surface area (Å²) in [4.78, 5) is 36.6. The molecule has 0 radical (unpaired) electrons. The lowest BCUT2D eigenvalue weighted by Crippen LogP contribution is -2.36. The van der Waals surface area contributed by atoms with Crippen LogP contribution in [-0.4, -0.2) is 38.3 Å². The van der Waals surface area contributed by atoms with E-state index in [0.29, 0.717) is 42.8 Å². The van der Waals surface area contributed by atoms with E-state index in [-0.39, 0.29) is 43.0 Å². The Labute approximate surface area is 242 Å². The lowest BCUT2D eigenvalue weighted by atomic mass is 9.83. The maximum Gasteiger partial charge on any atom is 0.416 e. The number of rotatable bonds is 5. The molecule has 2 N–H and O–H groups in total. The second-order valence-electron chi connectivity index (χ2n) is 11.7. The van der Waals surface area contributed by atoms with Gasteiger partial charge in [0.25, 0.3) is 11.5 Å². The van der Waals surface area contributed by atoms with Gasteiger partial charge < -0.3 is 15.0 Å². The predicted octanol–water partition coefficient (Wildman–Crippen LogP) is 6.23. The molecule has 1 unspecified atom stereocenters. The zero-order chi connectivity index (χ0) is 29.9. The fourth-order valence-corrected chi connectivity index (χ4v) is 7.41. The summed E-state index contributed by atoms with van der Waals surface area (Å²) in [5.74, 6) is -2.72. The van der Waals surface area contributed by atoms with Gasteiger partial charge in [-0.05, 0) is 79.1 Å². The topological polar surface area (TPSA) is 86.3 Å². The lowest BCUT2D eigenvalue weighted by Gasteiger charge is -2.27. The molecule has 0 saturated heterocycles. The van der Waals surface area contributed by atoms with Crippen molar-refractivity contribution in [1.82, 2.24) is 14.9 Å². The van der Waals surface area contributed by atoms with Gasteiger partial charge in [0.05, 0.1) is 28.8 Å². The highest BCUT2D eigenvalue weighted by Gasteiger charge is 2.50. The maximum atomic E-state index is 13.7. The second kappa shape index (κ2) is 10.6. The smallest absolute Gasteiger partial charge is 0.378 e. The van der Waals surface area contributed by atoms with Crippen molar-refractivity contribution in [2.24, 2.45) is 0 Å². The molecular weight excluding hydrogens is 577 g/mol. The summed E-state index contributed by atoms with van der Waals surface area (Å²) in [5.41, 5.74) is -0.0370. The van der Waals surface area contributed by atoms with E-state index in [0.717, 1.165) is 41.5 Å². The van der Waals surface area contributed by atoms with Gasteiger partial charge in [-0.2, -0.15) is 13.2 Å². The minimum atomic E-state index is -4.62. The van der Waals surface area contributed by atoms with E-state index in [1.165, 1.54) is 11.0 Å². The first-order chi connectivity index (χ1) is 19.9. The Morgan fingerprint density at radius 3 is 2.57 bits per heavy atom. The van der Waals surface area contributed by atoms with Crippen molar-refractivity contribution < 1.29 is 31.9 Å². The highest BCUT2D eigenvalue weighted by molar-refractivity contribution is 7.10. The molecule has 42 heavy (non-hydrogen) atoms. The van der Waals surface area contributed by atoms with Crippen LogP contribution in [0.2, 0.25) is 0 Å². The van der Waals surface area contributed by atoms with E-state index in [2.05, 4.69) is 11.1 Å². The van der Waals surface area contributed by atoms with Crippen LogP contribution in [0, 0.1) is 0 Å². The second-order valence-corrected chi connectivity index (χ2v) is 12.6. The number of alkyl halides is 5. The van der Waals surface area contributed by atoms with Gasteiger partial charge in [-0.3, -0.25) is 9.59 Å². The van der Waals surface area contributed by atoms with Crippen molar-refractivity contribution in [3.63, 3.8) is 0 Å². The minimum Gasteiger partial charge on any atom is -0.378 e. The molecular formula is C30H30F5N3O3S. The maximum absolute atomic E-state index is 13.7. The third-order valence-electron chi connectivity index (χ3n) is 8.85. The molecule has 3 heterocycles. The number of aryl methyl sites for hydroxylation is 1. The number of aromatic amines is 1. The molecule has 6 rings (SSSR count). The number of aliphatic hydroxyl groups is 1. The summed E-state index contributed by atoms with van der Waals surface area (Å²) >= 11 is 1.56. The Hall–Kier alpha value is -3.12. The van der Waals surface area contributed by atoms with Gasteiger partial charge in [-0.25, -0.2) is 13.8 Å². The average molecular weight is 608 g/mol. The number of nitrogens with zero attached hydrogens (tertiary/aromatic N) is 2. The molecule has 2 saturated carbocycles. The van der Waals surface area contributed by atoms with Crippen LogP contribution < -0.4 is 5.56 Å². The molecule has 0 spiro atoms. The summed E-state index contributed by atoms with van der Waals surface area (Å²) in [6, 6.07) is 6.10. The number of carbonyl (C=O) groups is 1. The van der Waals surface area contributed by atoms with Crippen molar-refractivity contribution in [2.75, 3.05) is 6.54 Å². The van der Waals surface area contributed by atoms with Gasteiger partial charge >= 0.3 is 6.18 Å². The fourth-order valence-electron chi connectivity index (χ4n) is 6.15. The normalized spacial score (nSPS) is 21.0. The van der Waals surface area contributed by atoms with Crippen molar-refractivity contribution in [3.05, 3.63) is 84.7 Å². The SMILES string of the molecule is O=C(C(O)c1cccc(C(F)(F)F)c1)N1CCCc2nc(C3(c4cc(C5CCC(F)(F)CC5)cs4)CC3)[nH]c(=O)c2C1. The molecule has 3 aromatic rings. The van der Waals surface area contributed by atoms with Crippen LogP contribution in [0.15, 0.2) is 40.5 Å². The standard InChI is InChI=1S/C30H30F5N3O3S/c31-29(32)8-6-17(7-9-29)19-14-23(42-16-19)28(10-11-28)27-36-22-5-2-12-38(15-21(22)25(40)37-27)26(41)24(39)18-3-1-4-20(13-18)30(33,34)35/h1,3-4,13-14,16-17,24,39H,2,5-12,15H2,(H,36,37,40). The molecule has 0 bridgehead atoms. The highest BCUT2D eigenvalue weighted by atomic mass is 32.1. The van der Waals surface area contributed by atoms with Gasteiger partial charge in [0.1, 0.15) is 5.82 Å². The number of aliphatic hydroxyl groups excluding tert-OH is 1. The monoisotopic (exact) mass is 607 g/mol. The molecule has 12 heteroatoms. The van der Waals surface area contributed by atoms with Crippen LogP contribution in [0.3, 0.4) is 0 Å². The van der Waals surface area contributed by atoms with Crippen LogP contribution >= 0.6 is 11.3 Å². The molecule has 1 aromatic carbocycles. The van der Waals surface area contributed by atoms with Crippen LogP contribution in [-0.2, 0) is 29.4 Å². The number of carbonyl (C=O) groups excluding carboxylic acids is 1. The highest BCUT2D eigenvalue weighted by Crippen LogP contribution is 2.55. The Kier molecular flexibility index (Phi) is 7.28. The number of benzene rings is 1. The van der Waals surface area contributed by atoms with Crippen molar-refractivity contribution >= 4 is 17.2 Å². The van der Waals surface area contributed by atoms with Crippen LogP contribution in [0.4, 0.5) is 22.0 Å². The summed E-state index contributed by atoms with van der Waals surface area (Å²) < 4.78 is 66.7. The molecule has 2 fully saturated rings. The Morgan fingerprint density at radius 1 is 1.14 bits per heavy atom. The zero-order valence-electron chi connectivity index (χ0n) is 22.6. The van der Waals surface area contributed by atoms with Gasteiger partial charge in [0, 0.05) is 24.3 Å². The number of hydrogen-bond donors (Lipinski definition) is 2. The third kappa shape index (κ3) is 5.50. The van der Waals surface area contributed by atoms with E-state index in [4.69, 9.17) is 4.98 Å². The van der Waals surface area contributed by atoms with E-state index in [1.807, 2.05) is 5.38 Å². The summed E-state index contributed by atoms with van der Waals surface area (Å²) in [6.07, 6.45) is -3.26. The van der Waals surface area contributed by atoms with E-state index >= 15 is 0 Å². The third-order valence-corrected chi connectivity index (χ3v) is 10.0. The fraction of sp³-hybridized carbons (Fsp3) is 0.500. The molecule has 1 atom stereocenters. The van der Waals surface area contributed by atoms with Gasteiger partial charge in [-0.1, -0.05) is 12.1 Å². The summed E-state index contributed by atoms with van der Waals surface area (Å²) in [5, 5.41) is 12.7. The van der Waals surface area contributed by atoms with Gasteiger partial charge in [0.2, 0.25) is 5.92 Å². The number of fused-ring (bicyclic) bond motifs is 1. The van der Waals surface area contributed by atoms with Crippen molar-refractivity contribution in [1.29, 1.82) is 0 Å². The zero-order valence-corrected chi connectivity index (χ0v) is 23.5.